The third-order valence-corrected chi connectivity index (χ3v) is 10.8. The van der Waals surface area contributed by atoms with E-state index in [1.165, 1.54) is 12.2 Å². The van der Waals surface area contributed by atoms with Crippen molar-refractivity contribution in [1.29, 1.82) is 0 Å². The van der Waals surface area contributed by atoms with Crippen molar-refractivity contribution < 1.29 is 38.1 Å². The van der Waals surface area contributed by atoms with Gasteiger partial charge in [-0.1, -0.05) is 18.6 Å². The van der Waals surface area contributed by atoms with Gasteiger partial charge in [-0.2, -0.15) is 0 Å². The molecule has 208 valence electrons. The summed E-state index contributed by atoms with van der Waals surface area (Å²) < 4.78 is 35.7. The van der Waals surface area contributed by atoms with Crippen molar-refractivity contribution in [1.82, 2.24) is 5.32 Å². The highest BCUT2D eigenvalue weighted by Crippen LogP contribution is 2.72. The maximum atomic E-state index is 17.5. The second-order valence-electron chi connectivity index (χ2n) is 13.1. The molecule has 1 unspecified atom stereocenters. The molecule has 38 heavy (non-hydrogen) atoms. The van der Waals surface area contributed by atoms with E-state index in [1.54, 1.807) is 26.8 Å². The Hall–Kier alpha value is -1.94. The Bertz CT molecular complexity index is 1140. The number of ketones is 2. The van der Waals surface area contributed by atoms with E-state index in [1.807, 2.05) is 6.92 Å². The van der Waals surface area contributed by atoms with E-state index < -0.39 is 64.4 Å². The smallest absolute Gasteiger partial charge is 0.310 e. The molecule has 2 saturated heterocycles. The van der Waals surface area contributed by atoms with Gasteiger partial charge >= 0.3 is 5.97 Å². The number of aliphatic hydroxyl groups excluding tert-OH is 1. The van der Waals surface area contributed by atoms with Crippen LogP contribution in [0.1, 0.15) is 59.8 Å². The Morgan fingerprint density at radius 1 is 1.21 bits per heavy atom. The van der Waals surface area contributed by atoms with E-state index in [4.69, 9.17) is 14.2 Å². The monoisotopic (exact) mass is 531 g/mol. The van der Waals surface area contributed by atoms with Crippen molar-refractivity contribution in [2.45, 2.75) is 89.1 Å². The minimum atomic E-state index is -2.02. The topological polar surface area (TPSA) is 111 Å². The minimum Gasteiger partial charge on any atom is -0.457 e. The van der Waals surface area contributed by atoms with E-state index in [-0.39, 0.29) is 24.0 Å². The molecule has 4 aliphatic carbocycles. The van der Waals surface area contributed by atoms with E-state index >= 15 is 4.39 Å². The van der Waals surface area contributed by atoms with Crippen molar-refractivity contribution in [3.63, 3.8) is 0 Å². The highest BCUT2D eigenvalue weighted by molar-refractivity contribution is 6.01. The zero-order chi connectivity index (χ0) is 27.3. The zero-order valence-corrected chi connectivity index (χ0v) is 22.6. The van der Waals surface area contributed by atoms with Gasteiger partial charge in [0, 0.05) is 23.3 Å². The number of Topliss-reactive ketones (excluding diaryl/α,β-unsaturated/α-hetero) is 1. The number of esters is 1. The molecule has 6 aliphatic rings. The average molecular weight is 532 g/mol. The van der Waals surface area contributed by atoms with Gasteiger partial charge in [0.25, 0.3) is 0 Å². The molecule has 9 atom stereocenters. The molecular formula is C29H38FNO7. The van der Waals surface area contributed by atoms with Gasteiger partial charge in [-0.05, 0) is 77.5 Å². The maximum Gasteiger partial charge on any atom is 0.310 e. The summed E-state index contributed by atoms with van der Waals surface area (Å²) in [7, 11) is 0. The third-order valence-electron chi connectivity index (χ3n) is 10.8. The fraction of sp³-hybridized carbons (Fsp3) is 0.759. The number of ether oxygens (including phenoxy) is 3. The Morgan fingerprint density at radius 3 is 2.68 bits per heavy atom. The molecule has 0 aromatic carbocycles. The van der Waals surface area contributed by atoms with E-state index in [0.29, 0.717) is 37.8 Å². The number of rotatable bonds is 4. The molecule has 0 aromatic rings. The SMILES string of the molecule is CC1(C)O[C@@H]2C[C@H]3[C@@H]4CCC5=CC(=O)C=C[C@]5(C)[C@@]4(F)[C@@H](O)C[C@]3(C)[C@]2(C(=O)COC(=O)C2CCNC2)O1. The van der Waals surface area contributed by atoms with Gasteiger partial charge in [-0.15, -0.1) is 0 Å². The number of nitrogens with one attached hydrogen (secondary N) is 1. The summed E-state index contributed by atoms with van der Waals surface area (Å²) in [6.07, 6.45) is 4.49. The fourth-order valence-electron chi connectivity index (χ4n) is 9.03. The normalized spacial score (nSPS) is 48.5. The van der Waals surface area contributed by atoms with Crippen LogP contribution in [0.4, 0.5) is 4.39 Å². The molecule has 2 aliphatic heterocycles. The summed E-state index contributed by atoms with van der Waals surface area (Å²) in [5.74, 6) is -3.23. The first-order valence-electron chi connectivity index (χ1n) is 13.9. The quantitative estimate of drug-likeness (QED) is 0.533. The van der Waals surface area contributed by atoms with Crippen molar-refractivity contribution in [2.24, 2.45) is 28.6 Å². The van der Waals surface area contributed by atoms with Gasteiger partial charge in [0.05, 0.1) is 18.1 Å². The van der Waals surface area contributed by atoms with Gasteiger partial charge in [0.15, 0.2) is 29.4 Å². The number of alkyl halides is 1. The number of allylic oxidation sites excluding steroid dienone is 4. The predicted molar refractivity (Wildman–Crippen MR) is 133 cm³/mol. The largest absolute Gasteiger partial charge is 0.457 e. The van der Waals surface area contributed by atoms with Crippen LogP contribution in [0.3, 0.4) is 0 Å². The fourth-order valence-corrected chi connectivity index (χ4v) is 9.03. The number of carbonyl (C=O) groups excluding carboxylic acids is 3. The molecule has 3 saturated carbocycles. The lowest BCUT2D eigenvalue weighted by atomic mass is 9.44. The second-order valence-corrected chi connectivity index (χ2v) is 13.1. The first kappa shape index (κ1) is 26.3. The molecule has 2 N–H and O–H groups in total. The zero-order valence-electron chi connectivity index (χ0n) is 22.6. The van der Waals surface area contributed by atoms with Gasteiger partial charge in [0.1, 0.15) is 0 Å². The number of aliphatic hydroxyl groups is 1. The van der Waals surface area contributed by atoms with E-state index in [2.05, 4.69) is 5.32 Å². The summed E-state index contributed by atoms with van der Waals surface area (Å²) in [5.41, 5.74) is -4.86. The molecule has 0 amide bonds. The van der Waals surface area contributed by atoms with Gasteiger partial charge < -0.3 is 24.6 Å². The molecule has 8 nitrogen and oxygen atoms in total. The number of fused-ring (bicyclic) bond motifs is 7. The highest BCUT2D eigenvalue weighted by atomic mass is 19.1. The van der Waals surface area contributed by atoms with Crippen LogP contribution in [-0.4, -0.2) is 71.6 Å². The van der Waals surface area contributed by atoms with Crippen molar-refractivity contribution >= 4 is 17.5 Å². The van der Waals surface area contributed by atoms with Gasteiger partial charge in [-0.25, -0.2) is 4.39 Å². The summed E-state index contributed by atoms with van der Waals surface area (Å²) in [4.78, 5) is 38.8. The molecule has 0 radical (unpaired) electrons. The minimum absolute atomic E-state index is 0.0164. The Balaban J connectivity index is 1.35. The van der Waals surface area contributed by atoms with Crippen molar-refractivity contribution in [2.75, 3.05) is 19.7 Å². The lowest BCUT2D eigenvalue weighted by Gasteiger charge is -2.62. The number of carbonyl (C=O) groups is 3. The molecule has 0 spiro atoms. The standard InChI is InChI=1S/C29H38FNO7/c1-25(2)37-23-12-20-19-6-5-17-11-18(32)7-9-26(17,3)28(19,30)21(33)13-27(20,4)29(23,38-25)22(34)15-36-24(35)16-8-10-31-14-16/h7,9,11,16,19-21,23,31,33H,5-6,8,10,12-15H2,1-4H3/t16?,19-,20-,21-,23+,26-,27-,28-,29+/m0/s1. The summed E-state index contributed by atoms with van der Waals surface area (Å²) in [6, 6.07) is 0. The van der Waals surface area contributed by atoms with Crippen LogP contribution < -0.4 is 5.32 Å². The first-order valence-corrected chi connectivity index (χ1v) is 13.9. The summed E-state index contributed by atoms with van der Waals surface area (Å²) in [6.45, 7) is 7.96. The van der Waals surface area contributed by atoms with Crippen molar-refractivity contribution in [3.8, 4) is 0 Å². The van der Waals surface area contributed by atoms with Crippen LogP contribution in [0.2, 0.25) is 0 Å². The molecule has 0 bridgehead atoms. The predicted octanol–water partition coefficient (Wildman–Crippen LogP) is 2.58. The van der Waals surface area contributed by atoms with Crippen LogP contribution in [0.15, 0.2) is 23.8 Å². The number of hydrogen-bond donors (Lipinski definition) is 2. The van der Waals surface area contributed by atoms with Gasteiger partial charge in [0.2, 0.25) is 5.78 Å². The molecule has 9 heteroatoms. The van der Waals surface area contributed by atoms with Gasteiger partial charge in [-0.3, -0.25) is 14.4 Å². The Kier molecular flexibility index (Phi) is 5.73. The Morgan fingerprint density at radius 2 is 1.97 bits per heavy atom. The van der Waals surface area contributed by atoms with Crippen LogP contribution in [0, 0.1) is 28.6 Å². The summed E-state index contributed by atoms with van der Waals surface area (Å²) >= 11 is 0. The van der Waals surface area contributed by atoms with Crippen LogP contribution in [0.5, 0.6) is 0 Å². The van der Waals surface area contributed by atoms with Crippen LogP contribution in [-0.2, 0) is 28.6 Å². The lowest BCUT2D eigenvalue weighted by Crippen LogP contribution is -2.70. The van der Waals surface area contributed by atoms with E-state index in [9.17, 15) is 19.5 Å². The summed E-state index contributed by atoms with van der Waals surface area (Å²) in [5, 5.41) is 14.8. The van der Waals surface area contributed by atoms with E-state index in [0.717, 1.165) is 6.54 Å². The number of halogens is 1. The molecule has 2 heterocycles. The second kappa shape index (κ2) is 8.29. The third kappa shape index (κ3) is 3.25. The Labute approximate surface area is 222 Å². The molecule has 0 aromatic heterocycles. The van der Waals surface area contributed by atoms with Crippen LogP contribution in [0.25, 0.3) is 0 Å². The maximum absolute atomic E-state index is 17.5. The molecular weight excluding hydrogens is 493 g/mol. The first-order chi connectivity index (χ1) is 17.8. The number of hydrogen-bond acceptors (Lipinski definition) is 8. The van der Waals surface area contributed by atoms with Crippen molar-refractivity contribution in [3.05, 3.63) is 23.8 Å². The lowest BCUT2D eigenvalue weighted by molar-refractivity contribution is -0.246. The van der Waals surface area contributed by atoms with Crippen LogP contribution >= 0.6 is 0 Å². The molecule has 5 fully saturated rings. The highest BCUT2D eigenvalue weighted by Gasteiger charge is 2.80. The average Bonchev–Trinajstić information content (AvgIpc) is 3.53. The molecule has 6 rings (SSSR count).